The van der Waals surface area contributed by atoms with Crippen LogP contribution in [0.5, 0.6) is 0 Å². The zero-order valence-corrected chi connectivity index (χ0v) is 21.6. The first-order chi connectivity index (χ1) is 17.5. The van der Waals surface area contributed by atoms with Crippen LogP contribution < -0.4 is 4.90 Å². The van der Waals surface area contributed by atoms with Gasteiger partial charge in [-0.3, -0.25) is 9.59 Å². The number of anilines is 1. The van der Waals surface area contributed by atoms with Crippen molar-refractivity contribution in [3.8, 4) is 0 Å². The number of piperazine rings is 1. The van der Waals surface area contributed by atoms with E-state index in [1.165, 1.54) is 11.8 Å². The zero-order valence-electron chi connectivity index (χ0n) is 20.8. The Morgan fingerprint density at radius 3 is 2.44 bits per heavy atom. The number of thioether (sulfide) groups is 1. The van der Waals surface area contributed by atoms with Crippen LogP contribution in [0.3, 0.4) is 0 Å². The number of hydrogen-bond donors (Lipinski definition) is 0. The largest absolute Gasteiger partial charge is 0.336 e. The molecule has 0 spiro atoms. The predicted octanol–water partition coefficient (Wildman–Crippen LogP) is 5.45. The average molecular weight is 498 g/mol. The van der Waals surface area contributed by atoms with E-state index >= 15 is 0 Å². The van der Waals surface area contributed by atoms with Gasteiger partial charge in [-0.1, -0.05) is 78.8 Å². The summed E-state index contributed by atoms with van der Waals surface area (Å²) in [6.45, 7) is 8.92. The Morgan fingerprint density at radius 1 is 0.944 bits per heavy atom. The van der Waals surface area contributed by atoms with Crippen LogP contribution in [0, 0.1) is 6.92 Å². The van der Waals surface area contributed by atoms with Crippen molar-refractivity contribution in [2.75, 3.05) is 37.6 Å². The third-order valence-electron chi connectivity index (χ3n) is 6.80. The van der Waals surface area contributed by atoms with Gasteiger partial charge in [0.1, 0.15) is 0 Å². The number of nitrogens with zero attached hydrogens (tertiary/aromatic N) is 3. The molecule has 5 rings (SSSR count). The molecule has 1 saturated heterocycles. The smallest absolute Gasteiger partial charge is 0.265 e. The van der Waals surface area contributed by atoms with Gasteiger partial charge in [-0.15, -0.1) is 0 Å². The molecule has 0 unspecified atom stereocenters. The fraction of sp³-hybridized carbons (Fsp3) is 0.267. The lowest BCUT2D eigenvalue weighted by atomic mass is 10.1. The number of amides is 2. The Kier molecular flexibility index (Phi) is 7.25. The van der Waals surface area contributed by atoms with Crippen molar-refractivity contribution in [3.63, 3.8) is 0 Å². The molecule has 2 aliphatic rings. The number of carbonyl (C=O) groups excluding carboxylic acids is 2. The molecule has 2 aliphatic heterocycles. The van der Waals surface area contributed by atoms with Crippen LogP contribution in [-0.2, 0) is 11.3 Å². The second-order valence-electron chi connectivity index (χ2n) is 9.31. The van der Waals surface area contributed by atoms with E-state index in [1.54, 1.807) is 0 Å². The summed E-state index contributed by atoms with van der Waals surface area (Å²) >= 11 is 1.47. The number of aryl methyl sites for hydroxylation is 1. The molecular weight excluding hydrogens is 466 g/mol. The van der Waals surface area contributed by atoms with E-state index in [0.717, 1.165) is 60.0 Å². The third-order valence-corrected chi connectivity index (χ3v) is 7.88. The van der Waals surface area contributed by atoms with E-state index in [9.17, 15) is 9.59 Å². The first-order valence-corrected chi connectivity index (χ1v) is 13.3. The molecule has 5 nitrogen and oxygen atoms in total. The standard InChI is InChI=1S/C30H31N3O2S/c1-3-31-14-16-32(17-15-31)29(34)25-12-13-27-26(20-25)33(21-24-11-7-8-22(2)18-24)30(35)28(36-27)19-23-9-5-4-6-10-23/h4-13,18-20H,3,14-17,21H2,1-2H3/b28-19+. The normalized spacial score (nSPS) is 17.4. The van der Waals surface area contributed by atoms with Crippen molar-refractivity contribution in [3.05, 3.63) is 100.0 Å². The van der Waals surface area contributed by atoms with Crippen LogP contribution in [0.2, 0.25) is 0 Å². The van der Waals surface area contributed by atoms with Gasteiger partial charge in [0.15, 0.2) is 0 Å². The molecule has 0 saturated carbocycles. The second kappa shape index (κ2) is 10.7. The molecule has 0 aromatic heterocycles. The second-order valence-corrected chi connectivity index (χ2v) is 10.4. The van der Waals surface area contributed by atoms with Gasteiger partial charge >= 0.3 is 0 Å². The number of carbonyl (C=O) groups is 2. The molecule has 0 N–H and O–H groups in total. The molecule has 0 radical (unpaired) electrons. The van der Waals surface area contributed by atoms with Crippen molar-refractivity contribution in [1.29, 1.82) is 0 Å². The van der Waals surface area contributed by atoms with E-state index < -0.39 is 0 Å². The van der Waals surface area contributed by atoms with Crippen molar-refractivity contribution < 1.29 is 9.59 Å². The van der Waals surface area contributed by atoms with Gasteiger partial charge < -0.3 is 14.7 Å². The van der Waals surface area contributed by atoms with Crippen molar-refractivity contribution in [2.45, 2.75) is 25.3 Å². The van der Waals surface area contributed by atoms with Crippen LogP contribution in [0.4, 0.5) is 5.69 Å². The third kappa shape index (κ3) is 5.25. The predicted molar refractivity (Wildman–Crippen MR) is 147 cm³/mol. The van der Waals surface area contributed by atoms with Gasteiger partial charge in [-0.05, 0) is 48.9 Å². The van der Waals surface area contributed by atoms with Crippen molar-refractivity contribution >= 4 is 35.3 Å². The summed E-state index contributed by atoms with van der Waals surface area (Å²) in [4.78, 5) is 34.9. The van der Waals surface area contributed by atoms with Gasteiger partial charge in [0, 0.05) is 36.6 Å². The van der Waals surface area contributed by atoms with Crippen molar-refractivity contribution in [1.82, 2.24) is 9.80 Å². The highest BCUT2D eigenvalue weighted by Gasteiger charge is 2.31. The molecule has 2 heterocycles. The lowest BCUT2D eigenvalue weighted by molar-refractivity contribution is -0.114. The first-order valence-electron chi connectivity index (χ1n) is 12.5. The summed E-state index contributed by atoms with van der Waals surface area (Å²) in [5.74, 6) is -0.00819. The number of benzene rings is 3. The minimum absolute atomic E-state index is 0.0344. The van der Waals surface area contributed by atoms with E-state index in [2.05, 4.69) is 30.9 Å². The number of fused-ring (bicyclic) bond motifs is 1. The summed E-state index contributed by atoms with van der Waals surface area (Å²) in [6, 6.07) is 24.0. The minimum Gasteiger partial charge on any atom is -0.336 e. The lowest BCUT2D eigenvalue weighted by Crippen LogP contribution is -2.48. The topological polar surface area (TPSA) is 43.9 Å². The SMILES string of the molecule is CCN1CCN(C(=O)c2ccc3c(c2)N(Cc2cccc(C)c2)C(=O)/C(=C\c2ccccc2)S3)CC1. The van der Waals surface area contributed by atoms with Crippen LogP contribution in [0.1, 0.15) is 34.0 Å². The lowest BCUT2D eigenvalue weighted by Gasteiger charge is -2.35. The van der Waals surface area contributed by atoms with Crippen LogP contribution in [0.25, 0.3) is 6.08 Å². The fourth-order valence-electron chi connectivity index (χ4n) is 4.74. The Hall–Kier alpha value is -3.35. The van der Waals surface area contributed by atoms with Crippen LogP contribution in [-0.4, -0.2) is 54.3 Å². The van der Waals surface area contributed by atoms with E-state index in [4.69, 9.17) is 0 Å². The average Bonchev–Trinajstić information content (AvgIpc) is 2.91. The van der Waals surface area contributed by atoms with Gasteiger partial charge in [0.25, 0.3) is 11.8 Å². The Balaban J connectivity index is 1.49. The maximum atomic E-state index is 13.8. The summed E-state index contributed by atoms with van der Waals surface area (Å²) in [6.07, 6.45) is 1.95. The van der Waals surface area contributed by atoms with Gasteiger partial charge in [-0.25, -0.2) is 0 Å². The van der Waals surface area contributed by atoms with E-state index in [1.807, 2.05) is 76.5 Å². The molecule has 0 aliphatic carbocycles. The molecule has 184 valence electrons. The summed E-state index contributed by atoms with van der Waals surface area (Å²) in [5.41, 5.74) is 4.64. The molecule has 1 fully saturated rings. The highest BCUT2D eigenvalue weighted by Crippen LogP contribution is 2.43. The first kappa shape index (κ1) is 24.3. The maximum absolute atomic E-state index is 13.8. The zero-order chi connectivity index (χ0) is 25.1. The Labute approximate surface area is 217 Å². The van der Waals surface area contributed by atoms with Crippen LogP contribution >= 0.6 is 11.8 Å². The van der Waals surface area contributed by atoms with Crippen molar-refractivity contribution in [2.24, 2.45) is 0 Å². The molecule has 0 atom stereocenters. The molecular formula is C30H31N3O2S. The summed E-state index contributed by atoms with van der Waals surface area (Å²) in [5, 5.41) is 0. The highest BCUT2D eigenvalue weighted by molar-refractivity contribution is 8.04. The quantitative estimate of drug-likeness (QED) is 0.440. The van der Waals surface area contributed by atoms with Gasteiger partial charge in [0.05, 0.1) is 17.1 Å². The monoisotopic (exact) mass is 497 g/mol. The van der Waals surface area contributed by atoms with E-state index in [-0.39, 0.29) is 11.8 Å². The molecule has 3 aromatic carbocycles. The number of likely N-dealkylation sites (N-methyl/N-ethyl adjacent to an activating group) is 1. The Bertz CT molecular complexity index is 1300. The van der Waals surface area contributed by atoms with Crippen LogP contribution in [0.15, 0.2) is 82.6 Å². The van der Waals surface area contributed by atoms with E-state index in [0.29, 0.717) is 17.0 Å². The minimum atomic E-state index is -0.0426. The Morgan fingerprint density at radius 2 is 1.72 bits per heavy atom. The molecule has 36 heavy (non-hydrogen) atoms. The molecule has 3 aromatic rings. The van der Waals surface area contributed by atoms with Gasteiger partial charge in [-0.2, -0.15) is 0 Å². The molecule has 2 amide bonds. The molecule has 6 heteroatoms. The summed E-state index contributed by atoms with van der Waals surface area (Å²) in [7, 11) is 0. The highest BCUT2D eigenvalue weighted by atomic mass is 32.2. The number of hydrogen-bond acceptors (Lipinski definition) is 4. The van der Waals surface area contributed by atoms with Gasteiger partial charge in [0.2, 0.25) is 0 Å². The number of rotatable bonds is 5. The summed E-state index contributed by atoms with van der Waals surface area (Å²) < 4.78 is 0. The fourth-order valence-corrected chi connectivity index (χ4v) is 5.78. The maximum Gasteiger partial charge on any atom is 0.265 e. The molecule has 0 bridgehead atoms.